The van der Waals surface area contributed by atoms with Gasteiger partial charge in [0.05, 0.1) is 10.5 Å². The molecule has 0 heterocycles. The molecule has 0 N–H and O–H groups in total. The van der Waals surface area contributed by atoms with Crippen LogP contribution in [-0.2, 0) is 16.4 Å². The van der Waals surface area contributed by atoms with E-state index in [1.54, 1.807) is 0 Å². The molecule has 0 aliphatic carbocycles. The molecule has 0 spiro atoms. The van der Waals surface area contributed by atoms with Crippen molar-refractivity contribution in [3.8, 4) is 0 Å². The molecule has 0 saturated heterocycles. The molecule has 0 aliphatic heterocycles. The van der Waals surface area contributed by atoms with Crippen molar-refractivity contribution in [2.75, 3.05) is 5.88 Å². The predicted molar refractivity (Wildman–Crippen MR) is 99.5 cm³/mol. The molecule has 0 fully saturated rings. The average molecular weight is 342 g/mol. The summed E-state index contributed by atoms with van der Waals surface area (Å²) in [5.74, 6) is 0.585. The van der Waals surface area contributed by atoms with E-state index in [1.165, 1.54) is 5.56 Å². The first-order valence-corrected chi connectivity index (χ1v) is 9.36. The summed E-state index contributed by atoms with van der Waals surface area (Å²) in [5, 5.41) is 0. The average Bonchev–Trinajstić information content (AvgIpc) is 2.41. The second-order valence-corrected chi connectivity index (χ2v) is 9.80. The Bertz CT molecular complexity index is 536. The quantitative estimate of drug-likeness (QED) is 0.531. The molecule has 1 unspecified atom stereocenters. The molecular weight excluding hydrogens is 314 g/mol. The van der Waals surface area contributed by atoms with Crippen molar-refractivity contribution in [1.82, 2.24) is 0 Å². The van der Waals surface area contributed by atoms with Crippen molar-refractivity contribution in [3.05, 3.63) is 35.4 Å². The molecule has 1 atom stereocenters. The second kappa shape index (κ2) is 7.74. The third kappa shape index (κ3) is 5.85. The Hall–Kier alpha value is -0.670. The number of rotatable bonds is 5. The van der Waals surface area contributed by atoms with Gasteiger partial charge in [0, 0.05) is 5.88 Å². The standard InChI is InChI=1S/C18H28ClNOS/c1-17(2,3)15-11-9-14(10-12-15)16(8-7-13-19)20-22(21)18(4,5)6/h9-12H,7-8,13H2,1-6H3. The molecule has 2 nitrogen and oxygen atoms in total. The van der Waals surface area contributed by atoms with E-state index in [9.17, 15) is 4.21 Å². The fourth-order valence-corrected chi connectivity index (χ4v) is 2.68. The predicted octanol–water partition coefficient (Wildman–Crippen LogP) is 5.25. The van der Waals surface area contributed by atoms with E-state index in [2.05, 4.69) is 49.4 Å². The fraction of sp³-hybridized carbons (Fsp3) is 0.611. The summed E-state index contributed by atoms with van der Waals surface area (Å²) in [7, 11) is -1.25. The minimum atomic E-state index is -1.25. The summed E-state index contributed by atoms with van der Waals surface area (Å²) < 4.78 is 16.5. The molecule has 0 radical (unpaired) electrons. The number of hydrogen-bond acceptors (Lipinski definition) is 1. The number of nitrogens with zero attached hydrogens (tertiary/aromatic N) is 1. The van der Waals surface area contributed by atoms with Crippen molar-refractivity contribution < 1.29 is 4.21 Å². The van der Waals surface area contributed by atoms with E-state index in [0.29, 0.717) is 5.88 Å². The van der Waals surface area contributed by atoms with Gasteiger partial charge < -0.3 is 0 Å². The number of hydrogen-bond donors (Lipinski definition) is 0. The lowest BCUT2D eigenvalue weighted by molar-refractivity contribution is 0.590. The van der Waals surface area contributed by atoms with Crippen molar-refractivity contribution >= 4 is 28.3 Å². The zero-order valence-corrected chi connectivity index (χ0v) is 16.1. The van der Waals surface area contributed by atoms with Crippen molar-refractivity contribution in [1.29, 1.82) is 0 Å². The van der Waals surface area contributed by atoms with Gasteiger partial charge in [-0.3, -0.25) is 0 Å². The van der Waals surface area contributed by atoms with Gasteiger partial charge in [0.25, 0.3) is 0 Å². The second-order valence-electron chi connectivity index (χ2n) is 7.52. The maximum absolute atomic E-state index is 12.3. The maximum Gasteiger partial charge on any atom is 0.145 e. The van der Waals surface area contributed by atoms with E-state index in [-0.39, 0.29) is 10.2 Å². The van der Waals surface area contributed by atoms with Gasteiger partial charge in [0.15, 0.2) is 0 Å². The van der Waals surface area contributed by atoms with E-state index in [4.69, 9.17) is 11.6 Å². The van der Waals surface area contributed by atoms with Crippen LogP contribution in [0, 0.1) is 0 Å². The normalized spacial score (nSPS) is 15.0. The van der Waals surface area contributed by atoms with E-state index < -0.39 is 11.0 Å². The molecule has 4 heteroatoms. The van der Waals surface area contributed by atoms with E-state index in [1.807, 2.05) is 20.8 Å². The van der Waals surface area contributed by atoms with Gasteiger partial charge >= 0.3 is 0 Å². The third-order valence-corrected chi connectivity index (χ3v) is 5.05. The molecule has 0 aliphatic rings. The number of benzene rings is 1. The Morgan fingerprint density at radius 1 is 1.09 bits per heavy atom. The number of halogens is 1. The third-order valence-electron chi connectivity index (χ3n) is 3.35. The first kappa shape index (κ1) is 19.4. The number of alkyl halides is 1. The Labute approximate surface area is 143 Å². The lowest BCUT2D eigenvalue weighted by Crippen LogP contribution is -2.21. The molecule has 1 rings (SSSR count). The van der Waals surface area contributed by atoms with Crippen LogP contribution in [0.15, 0.2) is 28.7 Å². The molecule has 0 saturated carbocycles. The summed E-state index contributed by atoms with van der Waals surface area (Å²) in [6.45, 7) is 12.4. The first-order valence-electron chi connectivity index (χ1n) is 7.72. The van der Waals surface area contributed by atoms with Crippen LogP contribution in [0.2, 0.25) is 0 Å². The zero-order valence-electron chi connectivity index (χ0n) is 14.6. The van der Waals surface area contributed by atoms with Crippen molar-refractivity contribution in [2.24, 2.45) is 4.40 Å². The summed E-state index contributed by atoms with van der Waals surface area (Å²) >= 11 is 5.81. The topological polar surface area (TPSA) is 29.4 Å². The molecule has 0 aromatic heterocycles. The van der Waals surface area contributed by atoms with Gasteiger partial charge in [-0.1, -0.05) is 45.0 Å². The van der Waals surface area contributed by atoms with Gasteiger partial charge in [0.2, 0.25) is 0 Å². The van der Waals surface area contributed by atoms with Crippen LogP contribution in [0.3, 0.4) is 0 Å². The highest BCUT2D eigenvalue weighted by Crippen LogP contribution is 2.23. The Kier molecular flexibility index (Phi) is 6.82. The Morgan fingerprint density at radius 3 is 2.05 bits per heavy atom. The van der Waals surface area contributed by atoms with Crippen molar-refractivity contribution in [2.45, 2.75) is 64.5 Å². The van der Waals surface area contributed by atoms with Crippen LogP contribution in [0.5, 0.6) is 0 Å². The monoisotopic (exact) mass is 341 g/mol. The molecule has 22 heavy (non-hydrogen) atoms. The molecule has 124 valence electrons. The lowest BCUT2D eigenvalue weighted by Gasteiger charge is -2.19. The van der Waals surface area contributed by atoms with Crippen LogP contribution in [0.1, 0.15) is 65.5 Å². The Morgan fingerprint density at radius 2 is 1.64 bits per heavy atom. The highest BCUT2D eigenvalue weighted by atomic mass is 35.5. The smallest absolute Gasteiger partial charge is 0.145 e. The summed E-state index contributed by atoms with van der Waals surface area (Å²) in [6, 6.07) is 8.41. The Balaban J connectivity index is 3.12. The van der Waals surface area contributed by atoms with E-state index in [0.717, 1.165) is 24.1 Å². The largest absolute Gasteiger partial charge is 0.234 e. The van der Waals surface area contributed by atoms with Gasteiger partial charge in [0.1, 0.15) is 11.0 Å². The van der Waals surface area contributed by atoms with Gasteiger partial charge in [-0.2, -0.15) is 4.40 Å². The zero-order chi connectivity index (χ0) is 17.0. The summed E-state index contributed by atoms with van der Waals surface area (Å²) in [4.78, 5) is 0. The maximum atomic E-state index is 12.3. The highest BCUT2D eigenvalue weighted by molar-refractivity contribution is 7.85. The molecule has 1 aromatic rings. The van der Waals surface area contributed by atoms with Gasteiger partial charge in [-0.05, 0) is 50.2 Å². The van der Waals surface area contributed by atoms with Crippen LogP contribution < -0.4 is 0 Å². The first-order chi connectivity index (χ1) is 10.1. The van der Waals surface area contributed by atoms with Crippen LogP contribution in [0.4, 0.5) is 0 Å². The minimum absolute atomic E-state index is 0.125. The minimum Gasteiger partial charge on any atom is -0.234 e. The van der Waals surface area contributed by atoms with Gasteiger partial charge in [-0.15, -0.1) is 11.6 Å². The molecular formula is C18H28ClNOS. The van der Waals surface area contributed by atoms with Crippen molar-refractivity contribution in [3.63, 3.8) is 0 Å². The lowest BCUT2D eigenvalue weighted by atomic mass is 9.86. The van der Waals surface area contributed by atoms with Crippen LogP contribution >= 0.6 is 11.6 Å². The van der Waals surface area contributed by atoms with Crippen LogP contribution in [0.25, 0.3) is 0 Å². The molecule has 0 bridgehead atoms. The highest BCUT2D eigenvalue weighted by Gasteiger charge is 2.20. The van der Waals surface area contributed by atoms with Gasteiger partial charge in [-0.25, -0.2) is 4.21 Å². The molecule has 0 amide bonds. The van der Waals surface area contributed by atoms with E-state index >= 15 is 0 Å². The molecule has 1 aromatic carbocycles. The van der Waals surface area contributed by atoms with Crippen LogP contribution in [-0.4, -0.2) is 20.5 Å². The fourth-order valence-electron chi connectivity index (χ4n) is 1.88. The SMILES string of the molecule is CC(C)(C)c1ccc(C(CCCCl)=NS(=O)C(C)(C)C)cc1. The summed E-state index contributed by atoms with van der Waals surface area (Å²) in [6.07, 6.45) is 1.59. The summed E-state index contributed by atoms with van der Waals surface area (Å²) in [5.41, 5.74) is 3.33.